The zero-order valence-electron chi connectivity index (χ0n) is 62.0. The Morgan fingerprint density at radius 2 is 1.43 bits per heavy atom. The minimum absolute atomic E-state index is 0.0330. The van der Waals surface area contributed by atoms with E-state index in [0.29, 0.717) is 6.42 Å². The topological polar surface area (TPSA) is 543 Å². The van der Waals surface area contributed by atoms with E-state index in [2.05, 4.69) is 98.2 Å². The number of allylic oxidation sites excluding steroid dienone is 1. The summed E-state index contributed by atoms with van der Waals surface area (Å²) in [6, 6.07) is -10.9. The average molecular weight is 1630 g/mol. The van der Waals surface area contributed by atoms with E-state index >= 15 is 14.4 Å². The van der Waals surface area contributed by atoms with Gasteiger partial charge in [-0.1, -0.05) is 58.2 Å². The lowest BCUT2D eigenvalue weighted by atomic mass is 9.80. The Labute approximate surface area is 660 Å². The Morgan fingerprint density at radius 1 is 0.768 bits per heavy atom. The zero-order chi connectivity index (χ0) is 81.9. The molecule has 1 aliphatic carbocycles. The number of hydrogen-bond acceptors (Lipinski definition) is 30. The number of primary amides is 1. The normalized spacial score (nSPS) is 26.8. The van der Waals surface area contributed by atoms with Gasteiger partial charge in [0.05, 0.1) is 64.2 Å². The lowest BCUT2D eigenvalue weighted by Gasteiger charge is -2.41. The Hall–Kier alpha value is -10.5. The van der Waals surface area contributed by atoms with Gasteiger partial charge in [0.1, 0.15) is 113 Å². The number of aliphatic hydroxyl groups is 4. The van der Waals surface area contributed by atoms with Gasteiger partial charge in [-0.2, -0.15) is 0 Å². The van der Waals surface area contributed by atoms with Crippen molar-refractivity contribution in [1.29, 1.82) is 0 Å². The summed E-state index contributed by atoms with van der Waals surface area (Å²) in [6.45, 7) is 25.2. The van der Waals surface area contributed by atoms with Crippen molar-refractivity contribution in [2.75, 3.05) is 5.75 Å². The standard InChI is InChI=1S/C71H83N19O17S5/c1-14-26(3)47-63(104)78-30(7)56(97)74-28(5)55(96)75-32(9)58(99)90-71-19-18-40(65-85-43(22-109-65)59(100)76-29(6)54(95)73-27(4)53(72)94)81-51(71)42-21-110-66(83-42)48(34(11)107-68(105)41-20-37(33(10)91)36-16-17-39(79-47)50(93)49(36)80-41)88-61(102)44-24-111-67(86-44)52(70(13,106)35(12)92)89-62(103)45-23-108-64(84-45)38(15-2)82-57(98)31(8)77-60(101)46-25-112-69(71)87-46/h15-17,20-22,24-26,30-35,39,45,47-48,50-52,79,91-93,106H,4-6,14,18-19,23H2,1-3,7-13H3,(H2,72,94)(H,73,95)(H,74,97)(H,75,96)(H,76,100)(H,77,101)(H,78,104)(H,82,98)(H,88,102)(H,89,103)(H,90,99)/b38-15-/t26-,30-,31-,32-,33-,34+,35+,39+,45+,47-,48-,50-,51+,52+,70+,71+/m0/s1. The van der Waals surface area contributed by atoms with Crippen LogP contribution in [-0.2, 0) is 48.6 Å². The number of ether oxygens (including phenoxy) is 1. The van der Waals surface area contributed by atoms with Crippen LogP contribution < -0.4 is 64.2 Å². The van der Waals surface area contributed by atoms with Crippen LogP contribution in [-0.4, -0.2) is 187 Å². The summed E-state index contributed by atoms with van der Waals surface area (Å²) in [4.78, 5) is 203. The van der Waals surface area contributed by atoms with Crippen LogP contribution in [0.1, 0.15) is 203 Å². The lowest BCUT2D eigenvalue weighted by Crippen LogP contribution is -2.57. The van der Waals surface area contributed by atoms with Crippen LogP contribution in [0.25, 0.3) is 6.08 Å². The van der Waals surface area contributed by atoms with E-state index in [1.807, 2.05) is 6.92 Å². The number of thioether (sulfide) groups is 1. The first-order valence-electron chi connectivity index (χ1n) is 35.0. The fraction of sp³-hybridized carbons (Fsp3) is 0.423. The zero-order valence-corrected chi connectivity index (χ0v) is 66.1. The van der Waals surface area contributed by atoms with E-state index in [0.717, 1.165) is 57.1 Å². The molecule has 0 radical (unpaired) electrons. The molecular weight excluding hydrogens is 1550 g/mol. The highest BCUT2D eigenvalue weighted by Gasteiger charge is 2.51. The number of fused-ring (bicyclic) bond motifs is 7. The van der Waals surface area contributed by atoms with Crippen molar-refractivity contribution in [3.8, 4) is 0 Å². The molecule has 0 fully saturated rings. The summed E-state index contributed by atoms with van der Waals surface area (Å²) in [7, 11) is 0. The van der Waals surface area contributed by atoms with Gasteiger partial charge in [-0.25, -0.2) is 29.7 Å². The van der Waals surface area contributed by atoms with Gasteiger partial charge in [-0.3, -0.25) is 68.0 Å². The molecule has 36 nitrogen and oxygen atoms in total. The summed E-state index contributed by atoms with van der Waals surface area (Å²) < 4.78 is 6.26. The number of nitrogens with one attached hydrogen (secondary N) is 11. The molecule has 17 N–H and O–H groups in total. The highest BCUT2D eigenvalue weighted by atomic mass is 32.2. The Morgan fingerprint density at radius 3 is 2.12 bits per heavy atom. The van der Waals surface area contributed by atoms with Gasteiger partial charge in [0.2, 0.25) is 29.5 Å². The second kappa shape index (κ2) is 34.6. The van der Waals surface area contributed by atoms with Crippen molar-refractivity contribution < 1.29 is 82.7 Å². The van der Waals surface area contributed by atoms with E-state index < -0.39 is 190 Å². The van der Waals surface area contributed by atoms with Crippen LogP contribution in [0.2, 0.25) is 0 Å². The fourth-order valence-electron chi connectivity index (χ4n) is 12.1. The molecular formula is C71H83N19O17S5. The molecule has 10 rings (SSSR count). The quantitative estimate of drug-likeness (QED) is 0.0656. The maximum absolute atomic E-state index is 15.4. The van der Waals surface area contributed by atoms with Crippen LogP contribution in [0.15, 0.2) is 92.2 Å². The van der Waals surface area contributed by atoms with Gasteiger partial charge in [0, 0.05) is 32.8 Å². The lowest BCUT2D eigenvalue weighted by molar-refractivity contribution is -0.131. The van der Waals surface area contributed by atoms with Gasteiger partial charge < -0.3 is 84.1 Å². The molecule has 5 aromatic rings. The average Bonchev–Trinajstić information content (AvgIpc) is 1.57. The summed E-state index contributed by atoms with van der Waals surface area (Å²) >= 11 is 4.59. The number of pyridine rings is 1. The smallest absolute Gasteiger partial charge is 0.357 e. The Balaban J connectivity index is 1.16. The fourth-order valence-corrected chi connectivity index (χ4v) is 16.9. The predicted octanol–water partition coefficient (Wildman–Crippen LogP) is 1.41. The molecule has 0 saturated carbocycles. The van der Waals surface area contributed by atoms with Crippen LogP contribution in [0.4, 0.5) is 0 Å². The number of hydrogen-bond donors (Lipinski definition) is 16. The van der Waals surface area contributed by atoms with Crippen molar-refractivity contribution in [2.24, 2.45) is 21.6 Å². The Kier molecular flexibility index (Phi) is 26.0. The molecule has 9 heterocycles. The number of rotatable bonds is 11. The summed E-state index contributed by atoms with van der Waals surface area (Å²) in [5, 5.41) is 81.6. The maximum Gasteiger partial charge on any atom is 0.357 e. The number of nitrogens with two attached hydrogens (primary N) is 1. The van der Waals surface area contributed by atoms with Gasteiger partial charge in [0.25, 0.3) is 35.4 Å². The molecule has 0 saturated heterocycles. The van der Waals surface area contributed by atoms with E-state index in [4.69, 9.17) is 25.4 Å². The molecule has 0 aromatic carbocycles. The number of thiazole rings is 4. The first-order valence-corrected chi connectivity index (χ1v) is 39.5. The molecule has 4 aliphatic heterocycles. The molecule has 594 valence electrons. The molecule has 112 heavy (non-hydrogen) atoms. The number of aromatic nitrogens is 5. The number of carbonyl (C=O) groups excluding carboxylic acids is 12. The van der Waals surface area contributed by atoms with Gasteiger partial charge >= 0.3 is 5.97 Å². The number of carbonyl (C=O) groups is 12. The summed E-state index contributed by atoms with van der Waals surface area (Å²) in [6.07, 6.45) is -1.35. The van der Waals surface area contributed by atoms with Crippen molar-refractivity contribution >= 4 is 145 Å². The van der Waals surface area contributed by atoms with E-state index in [9.17, 15) is 63.6 Å². The predicted molar refractivity (Wildman–Crippen MR) is 412 cm³/mol. The SMILES string of the molecule is C=C(NC(=O)C(=C)NC(=O)c1csc(C2=N[C@@H]3c4csc(n4)[C@H]4NC(=O)c5csc(n5)[C@H]([C@](C)(O)[C@@H](C)O)NC(=O)[C@H]5CSC(=N5)/C(=C/C)NC(=O)[C@H](C)NC(=O)c5csc(n5)[C@]3(CC2)NC(=O)[C@H](C)NC(=O)C(=C)NC(=O)[C@H](C)NC(=O)[C@H]([C@@H](C)CC)N[C@@H]2C=Cc3c([C@H](C)O)cc(nc3[C@H]2O)C(=O)O[C@@H]4C)n1)C(N)=O. The highest BCUT2D eigenvalue weighted by molar-refractivity contribution is 8.14. The summed E-state index contributed by atoms with van der Waals surface area (Å²) in [5.74, 6) is -11.6. The van der Waals surface area contributed by atoms with E-state index in [1.54, 1.807) is 26.0 Å². The minimum Gasteiger partial charge on any atom is -0.455 e. The number of amides is 11. The number of aliphatic hydroxyl groups excluding tert-OH is 3. The molecule has 5 aliphatic rings. The van der Waals surface area contributed by atoms with Crippen LogP contribution in [0.5, 0.6) is 0 Å². The first-order chi connectivity index (χ1) is 52.8. The third-order valence-corrected chi connectivity index (χ3v) is 24.0. The van der Waals surface area contributed by atoms with Crippen molar-refractivity contribution in [2.45, 2.75) is 178 Å². The van der Waals surface area contributed by atoms with Gasteiger partial charge in [0.15, 0.2) is 0 Å². The van der Waals surface area contributed by atoms with Gasteiger partial charge in [-0.05, 0) is 85.8 Å². The Bertz CT molecular complexity index is 4820. The first kappa shape index (κ1) is 84.0. The summed E-state index contributed by atoms with van der Waals surface area (Å²) in [5.41, 5.74) is -1.32. The third kappa shape index (κ3) is 18.2. The molecule has 0 spiro atoms. The van der Waals surface area contributed by atoms with Crippen molar-refractivity contribution in [3.63, 3.8) is 0 Å². The number of esters is 1. The minimum atomic E-state index is -2.18. The molecule has 16 atom stereocenters. The number of aliphatic imine (C=N–C) groups is 2. The van der Waals surface area contributed by atoms with Crippen LogP contribution in [0.3, 0.4) is 0 Å². The maximum atomic E-state index is 15.4. The van der Waals surface area contributed by atoms with Crippen molar-refractivity contribution in [3.05, 3.63) is 148 Å². The molecule has 11 amide bonds. The molecule has 13 bridgehead atoms. The third-order valence-electron chi connectivity index (χ3n) is 19.2. The van der Waals surface area contributed by atoms with Crippen LogP contribution >= 0.6 is 57.1 Å². The van der Waals surface area contributed by atoms with E-state index in [1.165, 1.54) is 82.1 Å². The highest BCUT2D eigenvalue weighted by Crippen LogP contribution is 2.48. The number of cyclic esters (lactones) is 1. The van der Waals surface area contributed by atoms with Gasteiger partial charge in [-0.15, -0.1) is 57.1 Å². The molecule has 0 unspecified atom stereocenters. The van der Waals surface area contributed by atoms with E-state index in [-0.39, 0.29) is 94.7 Å². The second-order valence-electron chi connectivity index (χ2n) is 27.3. The molecule has 41 heteroatoms. The van der Waals surface area contributed by atoms with Crippen LogP contribution in [0, 0.1) is 5.92 Å². The molecule has 5 aromatic heterocycles. The largest absolute Gasteiger partial charge is 0.455 e. The monoisotopic (exact) mass is 1630 g/mol. The van der Waals surface area contributed by atoms with Crippen molar-refractivity contribution in [1.82, 2.24) is 83.4 Å². The second-order valence-corrected chi connectivity index (χ2v) is 31.8. The number of nitrogens with zero attached hydrogens (tertiary/aromatic N) is 7.